The third-order valence-corrected chi connectivity index (χ3v) is 8.19. The van der Waals surface area contributed by atoms with E-state index < -0.39 is 0 Å². The third-order valence-electron chi connectivity index (χ3n) is 8.19. The predicted molar refractivity (Wildman–Crippen MR) is 166 cm³/mol. The highest BCUT2D eigenvalue weighted by atomic mass is 14.9. The standard InChI is InChI=1S/C36H68N/c1-4-7-10-13-16-17-18-19-22-25-28-31-37-33-35(29-26-23-20-14-11-8-5-2)32-36(34-37)30-27-24-21-15-12-9-6-3/h32-34H,4-31H2,1-3H3/q+1. The fraction of sp³-hybridized carbons (Fsp3) is 0.861. The van der Waals surface area contributed by atoms with Crippen LogP contribution in [0.25, 0.3) is 0 Å². The van der Waals surface area contributed by atoms with Gasteiger partial charge in [-0.1, -0.05) is 156 Å². The van der Waals surface area contributed by atoms with E-state index >= 15 is 0 Å². The minimum Gasteiger partial charge on any atom is -0.205 e. The van der Waals surface area contributed by atoms with E-state index in [2.05, 4.69) is 43.8 Å². The Kier molecular flexibility index (Phi) is 24.7. The zero-order chi connectivity index (χ0) is 26.7. The van der Waals surface area contributed by atoms with E-state index in [-0.39, 0.29) is 0 Å². The highest BCUT2D eigenvalue weighted by Crippen LogP contribution is 2.15. The molecule has 37 heavy (non-hydrogen) atoms. The van der Waals surface area contributed by atoms with Gasteiger partial charge in [-0.05, 0) is 38.2 Å². The first kappa shape index (κ1) is 34.2. The first-order chi connectivity index (χ1) is 18.3. The third kappa shape index (κ3) is 21.7. The van der Waals surface area contributed by atoms with Gasteiger partial charge >= 0.3 is 0 Å². The lowest BCUT2D eigenvalue weighted by atomic mass is 10.0. The molecule has 216 valence electrons. The molecule has 0 saturated heterocycles. The molecule has 1 nitrogen and oxygen atoms in total. The second-order valence-electron chi connectivity index (χ2n) is 12.1. The quantitative estimate of drug-likeness (QED) is 0.0773. The second kappa shape index (κ2) is 26.7. The fourth-order valence-corrected chi connectivity index (χ4v) is 5.71. The summed E-state index contributed by atoms with van der Waals surface area (Å²) < 4.78 is 2.56. The molecule has 0 N–H and O–H groups in total. The van der Waals surface area contributed by atoms with E-state index in [4.69, 9.17) is 0 Å². The van der Waals surface area contributed by atoms with Gasteiger partial charge < -0.3 is 0 Å². The minimum atomic E-state index is 1.21. The first-order valence-electron chi connectivity index (χ1n) is 17.3. The van der Waals surface area contributed by atoms with Crippen LogP contribution in [0, 0.1) is 0 Å². The smallest absolute Gasteiger partial charge is 0.171 e. The Hall–Kier alpha value is -0.850. The number of hydrogen-bond donors (Lipinski definition) is 0. The van der Waals surface area contributed by atoms with Gasteiger partial charge in [-0.25, -0.2) is 4.57 Å². The predicted octanol–water partition coefficient (Wildman–Crippen LogP) is 11.9. The lowest BCUT2D eigenvalue weighted by molar-refractivity contribution is -0.698. The van der Waals surface area contributed by atoms with Crippen molar-refractivity contribution in [1.82, 2.24) is 0 Å². The van der Waals surface area contributed by atoms with Gasteiger partial charge in [0.25, 0.3) is 0 Å². The zero-order valence-electron chi connectivity index (χ0n) is 26.0. The van der Waals surface area contributed by atoms with Gasteiger partial charge in [0.2, 0.25) is 0 Å². The molecule has 1 heterocycles. The highest BCUT2D eigenvalue weighted by molar-refractivity contribution is 5.15. The maximum atomic E-state index is 2.56. The minimum absolute atomic E-state index is 1.21. The summed E-state index contributed by atoms with van der Waals surface area (Å²) >= 11 is 0. The summed E-state index contributed by atoms with van der Waals surface area (Å²) in [4.78, 5) is 0. The molecule has 0 aromatic carbocycles. The summed E-state index contributed by atoms with van der Waals surface area (Å²) in [5.41, 5.74) is 3.19. The van der Waals surface area contributed by atoms with Crippen LogP contribution in [0.2, 0.25) is 0 Å². The van der Waals surface area contributed by atoms with Crippen molar-refractivity contribution >= 4 is 0 Å². The second-order valence-corrected chi connectivity index (χ2v) is 12.1. The van der Waals surface area contributed by atoms with Crippen LogP contribution in [0.15, 0.2) is 18.5 Å². The van der Waals surface area contributed by atoms with E-state index in [0.717, 1.165) is 0 Å². The molecular formula is C36H68N+. The van der Waals surface area contributed by atoms with Crippen molar-refractivity contribution < 1.29 is 4.57 Å². The highest BCUT2D eigenvalue weighted by Gasteiger charge is 2.09. The Labute approximate surface area is 234 Å². The van der Waals surface area contributed by atoms with E-state index in [0.29, 0.717) is 0 Å². The lowest BCUT2D eigenvalue weighted by Crippen LogP contribution is -2.34. The van der Waals surface area contributed by atoms with Crippen LogP contribution in [0.4, 0.5) is 0 Å². The Morgan fingerprint density at radius 1 is 0.378 bits per heavy atom. The maximum Gasteiger partial charge on any atom is 0.171 e. The molecule has 0 saturated carbocycles. The lowest BCUT2D eigenvalue weighted by Gasteiger charge is -2.07. The van der Waals surface area contributed by atoms with Crippen LogP contribution < -0.4 is 4.57 Å². The molecule has 1 aromatic rings. The molecule has 0 aliphatic rings. The maximum absolute atomic E-state index is 2.56. The molecule has 0 aliphatic carbocycles. The van der Waals surface area contributed by atoms with E-state index in [9.17, 15) is 0 Å². The molecule has 0 fully saturated rings. The Morgan fingerprint density at radius 3 is 1.03 bits per heavy atom. The van der Waals surface area contributed by atoms with Crippen molar-refractivity contribution in [3.8, 4) is 0 Å². The van der Waals surface area contributed by atoms with E-state index in [1.54, 1.807) is 11.1 Å². The van der Waals surface area contributed by atoms with E-state index in [1.807, 2.05) is 0 Å². The zero-order valence-corrected chi connectivity index (χ0v) is 26.0. The normalized spacial score (nSPS) is 11.4. The van der Waals surface area contributed by atoms with Crippen LogP contribution in [0.3, 0.4) is 0 Å². The number of unbranched alkanes of at least 4 members (excludes halogenated alkanes) is 22. The summed E-state index contributed by atoms with van der Waals surface area (Å²) in [5.74, 6) is 0. The number of pyridine rings is 1. The van der Waals surface area contributed by atoms with Gasteiger partial charge in [-0.15, -0.1) is 0 Å². The molecule has 1 aromatic heterocycles. The van der Waals surface area contributed by atoms with Crippen molar-refractivity contribution in [2.45, 2.75) is 201 Å². The molecule has 0 radical (unpaired) electrons. The fourth-order valence-electron chi connectivity index (χ4n) is 5.71. The van der Waals surface area contributed by atoms with Gasteiger partial charge in [0.05, 0.1) is 0 Å². The number of hydrogen-bond acceptors (Lipinski definition) is 0. The summed E-state index contributed by atoms with van der Waals surface area (Å²) in [7, 11) is 0. The van der Waals surface area contributed by atoms with E-state index in [1.165, 1.54) is 180 Å². The average molecular weight is 515 g/mol. The Bertz CT molecular complexity index is 556. The SMILES string of the molecule is CCCCCCCCCCCCC[n+]1cc(CCCCCCCCC)cc(CCCCCCCCC)c1. The molecule has 0 amide bonds. The van der Waals surface area contributed by atoms with Gasteiger partial charge in [-0.2, -0.15) is 0 Å². The molecule has 0 atom stereocenters. The van der Waals surface area contributed by atoms with Crippen LogP contribution in [0.1, 0.15) is 192 Å². The van der Waals surface area contributed by atoms with Gasteiger partial charge in [0.1, 0.15) is 6.54 Å². The Morgan fingerprint density at radius 2 is 0.676 bits per heavy atom. The first-order valence-corrected chi connectivity index (χ1v) is 17.3. The van der Waals surface area contributed by atoms with Gasteiger partial charge in [0.15, 0.2) is 12.4 Å². The van der Waals surface area contributed by atoms with Crippen molar-refractivity contribution in [1.29, 1.82) is 0 Å². The Balaban J connectivity index is 2.36. The van der Waals surface area contributed by atoms with Crippen molar-refractivity contribution in [3.05, 3.63) is 29.6 Å². The number of aromatic nitrogens is 1. The molecule has 0 aliphatic heterocycles. The summed E-state index contributed by atoms with van der Waals surface area (Å²) in [5, 5.41) is 0. The van der Waals surface area contributed by atoms with Crippen molar-refractivity contribution in [2.24, 2.45) is 0 Å². The number of nitrogens with zero attached hydrogens (tertiary/aromatic N) is 1. The molecule has 0 spiro atoms. The van der Waals surface area contributed by atoms with Crippen LogP contribution in [-0.4, -0.2) is 0 Å². The van der Waals surface area contributed by atoms with Crippen LogP contribution in [-0.2, 0) is 19.4 Å². The van der Waals surface area contributed by atoms with Gasteiger partial charge in [-0.3, -0.25) is 0 Å². The van der Waals surface area contributed by atoms with Gasteiger partial charge in [0, 0.05) is 17.5 Å². The summed E-state index contributed by atoms with van der Waals surface area (Å²) in [6.07, 6.45) is 42.9. The van der Waals surface area contributed by atoms with Crippen LogP contribution >= 0.6 is 0 Å². The molecule has 1 heteroatoms. The number of rotatable bonds is 28. The summed E-state index contributed by atoms with van der Waals surface area (Å²) in [6, 6.07) is 2.55. The average Bonchev–Trinajstić information content (AvgIpc) is 2.90. The van der Waals surface area contributed by atoms with Crippen molar-refractivity contribution in [3.63, 3.8) is 0 Å². The van der Waals surface area contributed by atoms with Crippen molar-refractivity contribution in [2.75, 3.05) is 0 Å². The topological polar surface area (TPSA) is 3.88 Å². The molecule has 0 unspecified atom stereocenters. The molecular weight excluding hydrogens is 446 g/mol. The van der Waals surface area contributed by atoms with Crippen LogP contribution in [0.5, 0.6) is 0 Å². The molecule has 0 bridgehead atoms. The molecule has 1 rings (SSSR count). The monoisotopic (exact) mass is 515 g/mol. The largest absolute Gasteiger partial charge is 0.205 e. The summed E-state index contributed by atoms with van der Waals surface area (Å²) in [6.45, 7) is 8.14. The number of aryl methyl sites for hydroxylation is 3.